The summed E-state index contributed by atoms with van der Waals surface area (Å²) in [6, 6.07) is 0. The topological polar surface area (TPSA) is 84.3 Å². The Labute approximate surface area is 100 Å². The first-order chi connectivity index (χ1) is 7.98. The van der Waals surface area contributed by atoms with Gasteiger partial charge in [0.15, 0.2) is 0 Å². The van der Waals surface area contributed by atoms with Crippen molar-refractivity contribution < 1.29 is 14.6 Å². The van der Waals surface area contributed by atoms with Gasteiger partial charge in [-0.25, -0.2) is 14.8 Å². The lowest BCUT2D eigenvalue weighted by molar-refractivity contribution is 0.0525. The van der Waals surface area contributed by atoms with Gasteiger partial charge in [-0.05, 0) is 20.8 Å². The minimum Gasteiger partial charge on any atom is -0.462 e. The van der Waals surface area contributed by atoms with Crippen molar-refractivity contribution in [1.82, 2.24) is 9.97 Å². The summed E-state index contributed by atoms with van der Waals surface area (Å²) >= 11 is 0. The summed E-state index contributed by atoms with van der Waals surface area (Å²) in [4.78, 5) is 19.3. The van der Waals surface area contributed by atoms with E-state index in [1.807, 2.05) is 13.8 Å². The van der Waals surface area contributed by atoms with Crippen molar-refractivity contribution in [3.8, 4) is 0 Å². The first-order valence-corrected chi connectivity index (χ1v) is 5.36. The van der Waals surface area contributed by atoms with E-state index in [0.717, 1.165) is 0 Å². The third kappa shape index (κ3) is 3.99. The van der Waals surface area contributed by atoms with Crippen LogP contribution in [-0.2, 0) is 4.74 Å². The fourth-order valence-electron chi connectivity index (χ4n) is 1.05. The zero-order chi connectivity index (χ0) is 12.9. The second-order valence-corrected chi connectivity index (χ2v) is 4.18. The maximum Gasteiger partial charge on any atom is 0.341 e. The lowest BCUT2D eigenvalue weighted by Gasteiger charge is -2.23. The molecule has 6 nitrogen and oxygen atoms in total. The van der Waals surface area contributed by atoms with Crippen LogP contribution in [0.25, 0.3) is 0 Å². The zero-order valence-corrected chi connectivity index (χ0v) is 10.2. The molecule has 0 amide bonds. The summed E-state index contributed by atoms with van der Waals surface area (Å²) in [5.41, 5.74) is -0.204. The maximum atomic E-state index is 11.3. The monoisotopic (exact) mass is 239 g/mol. The molecule has 6 heteroatoms. The number of nitrogens with one attached hydrogen (secondary N) is 1. The van der Waals surface area contributed by atoms with Crippen molar-refractivity contribution in [2.24, 2.45) is 0 Å². The molecule has 0 aliphatic carbocycles. The van der Waals surface area contributed by atoms with Crippen molar-refractivity contribution in [1.29, 1.82) is 0 Å². The lowest BCUT2D eigenvalue weighted by atomic mass is 10.1. The van der Waals surface area contributed by atoms with Crippen LogP contribution in [0.3, 0.4) is 0 Å². The van der Waals surface area contributed by atoms with Gasteiger partial charge in [0.05, 0.1) is 24.3 Å². The lowest BCUT2D eigenvalue weighted by Crippen LogP contribution is -2.35. The molecule has 0 unspecified atom stereocenters. The van der Waals surface area contributed by atoms with Gasteiger partial charge in [0.1, 0.15) is 0 Å². The van der Waals surface area contributed by atoms with E-state index in [-0.39, 0.29) is 6.61 Å². The fourth-order valence-corrected chi connectivity index (χ4v) is 1.05. The van der Waals surface area contributed by atoms with Gasteiger partial charge in [-0.3, -0.25) is 0 Å². The molecule has 0 spiro atoms. The Morgan fingerprint density at radius 3 is 2.53 bits per heavy atom. The van der Waals surface area contributed by atoms with Crippen LogP contribution in [0, 0.1) is 0 Å². The van der Waals surface area contributed by atoms with E-state index in [0.29, 0.717) is 18.1 Å². The Balaban J connectivity index is 2.71. The predicted molar refractivity (Wildman–Crippen MR) is 62.8 cm³/mol. The van der Waals surface area contributed by atoms with Gasteiger partial charge in [-0.2, -0.15) is 0 Å². The third-order valence-electron chi connectivity index (χ3n) is 2.01. The molecule has 1 rings (SSSR count). The van der Waals surface area contributed by atoms with Gasteiger partial charge >= 0.3 is 5.97 Å². The number of aliphatic hydroxyl groups is 1. The highest BCUT2D eigenvalue weighted by Gasteiger charge is 2.17. The molecule has 0 atom stereocenters. The molecule has 1 aromatic rings. The Hall–Kier alpha value is -1.69. The van der Waals surface area contributed by atoms with Gasteiger partial charge in [-0.15, -0.1) is 0 Å². The van der Waals surface area contributed by atoms with Crippen LogP contribution in [0.4, 0.5) is 5.95 Å². The summed E-state index contributed by atoms with van der Waals surface area (Å²) in [6.07, 6.45) is 2.78. The van der Waals surface area contributed by atoms with Crippen LogP contribution >= 0.6 is 0 Å². The number of anilines is 1. The van der Waals surface area contributed by atoms with Crippen LogP contribution in [0.1, 0.15) is 31.1 Å². The summed E-state index contributed by atoms with van der Waals surface area (Å²) in [6.45, 7) is 5.63. The van der Waals surface area contributed by atoms with E-state index in [1.165, 1.54) is 12.4 Å². The second-order valence-electron chi connectivity index (χ2n) is 4.18. The number of aliphatic hydroxyl groups excluding tert-OH is 1. The molecule has 0 radical (unpaired) electrons. The van der Waals surface area contributed by atoms with Gasteiger partial charge < -0.3 is 15.2 Å². The normalized spacial score (nSPS) is 11.1. The van der Waals surface area contributed by atoms with Crippen LogP contribution < -0.4 is 5.32 Å². The first-order valence-electron chi connectivity index (χ1n) is 5.36. The van der Waals surface area contributed by atoms with E-state index >= 15 is 0 Å². The average molecular weight is 239 g/mol. The summed E-state index contributed by atoms with van der Waals surface area (Å²) in [5.74, 6) is -0.0856. The SMILES string of the molecule is CCOC(=O)c1cnc(NC(C)(C)CO)nc1. The van der Waals surface area contributed by atoms with E-state index < -0.39 is 11.5 Å². The van der Waals surface area contributed by atoms with E-state index in [1.54, 1.807) is 6.92 Å². The first kappa shape index (κ1) is 13.4. The molecule has 0 saturated heterocycles. The van der Waals surface area contributed by atoms with Crippen LogP contribution in [0.5, 0.6) is 0 Å². The summed E-state index contributed by atoms with van der Waals surface area (Å²) in [7, 11) is 0. The number of rotatable bonds is 5. The largest absolute Gasteiger partial charge is 0.462 e. The van der Waals surface area contributed by atoms with Crippen LogP contribution in [0.15, 0.2) is 12.4 Å². The molecule has 1 heterocycles. The van der Waals surface area contributed by atoms with Crippen molar-refractivity contribution >= 4 is 11.9 Å². The molecule has 17 heavy (non-hydrogen) atoms. The third-order valence-corrected chi connectivity index (χ3v) is 2.01. The number of aromatic nitrogens is 2. The average Bonchev–Trinajstić information content (AvgIpc) is 2.30. The van der Waals surface area contributed by atoms with Gasteiger partial charge in [0, 0.05) is 12.4 Å². The molecule has 0 bridgehead atoms. The van der Waals surface area contributed by atoms with Crippen LogP contribution in [-0.4, -0.2) is 39.8 Å². The van der Waals surface area contributed by atoms with Crippen molar-refractivity contribution in [2.45, 2.75) is 26.3 Å². The Kier molecular flexibility index (Phi) is 4.39. The molecular formula is C11H17N3O3. The van der Waals surface area contributed by atoms with Crippen molar-refractivity contribution in [3.05, 3.63) is 18.0 Å². The van der Waals surface area contributed by atoms with E-state index in [2.05, 4.69) is 15.3 Å². The highest BCUT2D eigenvalue weighted by Crippen LogP contribution is 2.10. The quantitative estimate of drug-likeness (QED) is 0.740. The number of esters is 1. The van der Waals surface area contributed by atoms with Crippen molar-refractivity contribution in [3.63, 3.8) is 0 Å². The van der Waals surface area contributed by atoms with Crippen molar-refractivity contribution in [2.75, 3.05) is 18.5 Å². The molecule has 0 fully saturated rings. The number of carbonyl (C=O) groups is 1. The minimum absolute atomic E-state index is 0.0456. The Bertz CT molecular complexity index is 376. The fraction of sp³-hybridized carbons (Fsp3) is 0.545. The second kappa shape index (κ2) is 5.58. The number of ether oxygens (including phenoxy) is 1. The molecule has 1 aromatic heterocycles. The predicted octanol–water partition coefficient (Wildman–Crippen LogP) is 0.836. The molecule has 0 saturated carbocycles. The number of hydrogen-bond donors (Lipinski definition) is 2. The number of carbonyl (C=O) groups excluding carboxylic acids is 1. The standard InChI is InChI=1S/C11H17N3O3/c1-4-17-9(16)8-5-12-10(13-6-8)14-11(2,3)7-15/h5-6,15H,4,7H2,1-3H3,(H,12,13,14). The maximum absolute atomic E-state index is 11.3. The minimum atomic E-state index is -0.508. The molecule has 94 valence electrons. The van der Waals surface area contributed by atoms with E-state index in [9.17, 15) is 4.79 Å². The molecule has 0 aliphatic heterocycles. The molecule has 0 aliphatic rings. The Morgan fingerprint density at radius 1 is 1.47 bits per heavy atom. The summed E-state index contributed by atoms with van der Waals surface area (Å²) < 4.78 is 4.81. The number of hydrogen-bond acceptors (Lipinski definition) is 6. The highest BCUT2D eigenvalue weighted by atomic mass is 16.5. The molecule has 2 N–H and O–H groups in total. The van der Waals surface area contributed by atoms with E-state index in [4.69, 9.17) is 9.84 Å². The smallest absolute Gasteiger partial charge is 0.341 e. The van der Waals surface area contributed by atoms with Gasteiger partial charge in [-0.1, -0.05) is 0 Å². The highest BCUT2D eigenvalue weighted by molar-refractivity contribution is 5.88. The number of nitrogens with zero attached hydrogens (tertiary/aromatic N) is 2. The van der Waals surface area contributed by atoms with Crippen LogP contribution in [0.2, 0.25) is 0 Å². The molecular weight excluding hydrogens is 222 g/mol. The zero-order valence-electron chi connectivity index (χ0n) is 10.2. The summed E-state index contributed by atoms with van der Waals surface area (Å²) in [5, 5.41) is 12.0. The van der Waals surface area contributed by atoms with Gasteiger partial charge in [0.25, 0.3) is 0 Å². The van der Waals surface area contributed by atoms with Gasteiger partial charge in [0.2, 0.25) is 5.95 Å². The molecule has 0 aromatic carbocycles. The Morgan fingerprint density at radius 2 is 2.06 bits per heavy atom.